The van der Waals surface area contributed by atoms with Crippen molar-refractivity contribution in [3.05, 3.63) is 77.4 Å². The number of piperazine rings is 1. The first-order chi connectivity index (χ1) is 13.6. The van der Waals surface area contributed by atoms with Gasteiger partial charge in [-0.15, -0.1) is 10.2 Å². The van der Waals surface area contributed by atoms with Gasteiger partial charge in [-0.2, -0.15) is 0 Å². The highest BCUT2D eigenvalue weighted by Gasteiger charge is 2.23. The molecule has 0 unspecified atom stereocenters. The summed E-state index contributed by atoms with van der Waals surface area (Å²) < 4.78 is 0. The summed E-state index contributed by atoms with van der Waals surface area (Å²) in [6, 6.07) is 20.1. The highest BCUT2D eigenvalue weighted by Crippen LogP contribution is 2.20. The van der Waals surface area contributed by atoms with E-state index in [0.29, 0.717) is 13.1 Å². The molecule has 2 aromatic carbocycles. The van der Waals surface area contributed by atoms with E-state index in [-0.39, 0.29) is 5.91 Å². The van der Waals surface area contributed by atoms with E-state index in [2.05, 4.69) is 46.3 Å². The summed E-state index contributed by atoms with van der Waals surface area (Å²) in [6.45, 7) is 6.99. The Morgan fingerprint density at radius 1 is 0.750 bits per heavy atom. The average Bonchev–Trinajstić information content (AvgIpc) is 2.75. The summed E-state index contributed by atoms with van der Waals surface area (Å²) in [6.07, 6.45) is 0. The van der Waals surface area contributed by atoms with E-state index in [0.717, 1.165) is 41.3 Å². The highest BCUT2D eigenvalue weighted by atomic mass is 16.2. The Labute approximate surface area is 165 Å². The molecule has 1 fully saturated rings. The summed E-state index contributed by atoms with van der Waals surface area (Å²) in [4.78, 5) is 16.8. The van der Waals surface area contributed by atoms with Crippen LogP contribution in [-0.2, 0) is 0 Å². The van der Waals surface area contributed by atoms with Gasteiger partial charge in [0, 0.05) is 37.3 Å². The summed E-state index contributed by atoms with van der Waals surface area (Å²) in [5, 5.41) is 8.80. The molecule has 2 heterocycles. The largest absolute Gasteiger partial charge is 0.352 e. The number of aryl methyl sites for hydroxylation is 2. The molecule has 0 spiro atoms. The molecule has 0 aliphatic carbocycles. The van der Waals surface area contributed by atoms with Gasteiger partial charge in [-0.25, -0.2) is 0 Å². The highest BCUT2D eigenvalue weighted by molar-refractivity contribution is 5.94. The van der Waals surface area contributed by atoms with Crippen molar-refractivity contribution >= 4 is 11.7 Å². The molecule has 0 saturated carbocycles. The predicted molar refractivity (Wildman–Crippen MR) is 112 cm³/mol. The Balaban J connectivity index is 1.39. The van der Waals surface area contributed by atoms with Gasteiger partial charge in [0.15, 0.2) is 5.82 Å². The minimum atomic E-state index is 0.0976. The number of carbonyl (C=O) groups excluding carboxylic acids is 1. The van der Waals surface area contributed by atoms with Crippen molar-refractivity contribution in [1.82, 2.24) is 15.1 Å². The van der Waals surface area contributed by atoms with Gasteiger partial charge in [-0.05, 0) is 38.1 Å². The first-order valence-corrected chi connectivity index (χ1v) is 9.62. The Morgan fingerprint density at radius 3 is 1.93 bits per heavy atom. The Kier molecular flexibility index (Phi) is 5.06. The number of carbonyl (C=O) groups is 1. The number of aromatic nitrogens is 2. The molecule has 0 bridgehead atoms. The number of nitrogens with zero attached hydrogens (tertiary/aromatic N) is 4. The maximum Gasteiger partial charge on any atom is 0.253 e. The maximum atomic E-state index is 12.7. The van der Waals surface area contributed by atoms with Gasteiger partial charge in [0.1, 0.15) is 0 Å². The maximum absolute atomic E-state index is 12.7. The van der Waals surface area contributed by atoms with E-state index in [1.54, 1.807) is 0 Å². The zero-order chi connectivity index (χ0) is 19.5. The zero-order valence-corrected chi connectivity index (χ0v) is 16.3. The fourth-order valence-electron chi connectivity index (χ4n) is 3.39. The number of hydrogen-bond acceptors (Lipinski definition) is 4. The molecular weight excluding hydrogens is 348 g/mol. The van der Waals surface area contributed by atoms with Crippen molar-refractivity contribution in [2.75, 3.05) is 31.1 Å². The van der Waals surface area contributed by atoms with Crippen LogP contribution in [0.15, 0.2) is 60.7 Å². The van der Waals surface area contributed by atoms with Gasteiger partial charge in [-0.3, -0.25) is 4.79 Å². The monoisotopic (exact) mass is 372 g/mol. The van der Waals surface area contributed by atoms with Crippen molar-refractivity contribution in [3.8, 4) is 11.3 Å². The number of amides is 1. The molecule has 1 saturated heterocycles. The summed E-state index contributed by atoms with van der Waals surface area (Å²) in [7, 11) is 0. The van der Waals surface area contributed by atoms with Gasteiger partial charge in [-0.1, -0.05) is 47.5 Å². The van der Waals surface area contributed by atoms with Gasteiger partial charge in [0.25, 0.3) is 5.91 Å². The van der Waals surface area contributed by atoms with Crippen LogP contribution < -0.4 is 4.90 Å². The lowest BCUT2D eigenvalue weighted by molar-refractivity contribution is 0.0746. The number of rotatable bonds is 3. The number of hydrogen-bond donors (Lipinski definition) is 0. The fraction of sp³-hybridized carbons (Fsp3) is 0.261. The van der Waals surface area contributed by atoms with Crippen LogP contribution in [0.1, 0.15) is 21.5 Å². The summed E-state index contributed by atoms with van der Waals surface area (Å²) in [5.41, 5.74) is 5.08. The third-order valence-corrected chi connectivity index (χ3v) is 5.19. The van der Waals surface area contributed by atoms with Crippen LogP contribution in [0.3, 0.4) is 0 Å². The molecule has 0 radical (unpaired) electrons. The average molecular weight is 372 g/mol. The molecule has 4 rings (SSSR count). The second-order valence-corrected chi connectivity index (χ2v) is 7.29. The molecule has 1 amide bonds. The molecule has 5 nitrogen and oxygen atoms in total. The Bertz CT molecular complexity index is 941. The van der Waals surface area contributed by atoms with Crippen LogP contribution in [0, 0.1) is 13.8 Å². The van der Waals surface area contributed by atoms with Crippen LogP contribution in [0.2, 0.25) is 0 Å². The first kappa shape index (κ1) is 18.2. The second kappa shape index (κ2) is 7.80. The lowest BCUT2D eigenvalue weighted by Gasteiger charge is -2.35. The standard InChI is InChI=1S/C23H24N4O/c1-17-3-7-19(8-4-17)21-11-12-22(25-24-21)26-13-15-27(16-14-26)23(28)20-9-5-18(2)6-10-20/h3-12H,13-16H2,1-2H3. The predicted octanol–water partition coefficient (Wildman–Crippen LogP) is 3.72. The third-order valence-electron chi connectivity index (χ3n) is 5.19. The van der Waals surface area contributed by atoms with Gasteiger partial charge >= 0.3 is 0 Å². The minimum Gasteiger partial charge on any atom is -0.352 e. The molecule has 142 valence electrons. The molecule has 28 heavy (non-hydrogen) atoms. The molecule has 0 N–H and O–H groups in total. The van der Waals surface area contributed by atoms with Gasteiger partial charge < -0.3 is 9.80 Å². The normalized spacial score (nSPS) is 14.2. The summed E-state index contributed by atoms with van der Waals surface area (Å²) >= 11 is 0. The Morgan fingerprint density at radius 2 is 1.36 bits per heavy atom. The van der Waals surface area contributed by atoms with Gasteiger partial charge in [0.05, 0.1) is 5.69 Å². The Hall–Kier alpha value is -3.21. The van der Waals surface area contributed by atoms with E-state index >= 15 is 0 Å². The topological polar surface area (TPSA) is 49.3 Å². The molecular formula is C23H24N4O. The van der Waals surface area contributed by atoms with Crippen LogP contribution in [0.25, 0.3) is 11.3 Å². The molecule has 1 aliphatic heterocycles. The van der Waals surface area contributed by atoms with Crippen LogP contribution >= 0.6 is 0 Å². The van der Waals surface area contributed by atoms with Crippen molar-refractivity contribution in [2.24, 2.45) is 0 Å². The van der Waals surface area contributed by atoms with E-state index in [4.69, 9.17) is 0 Å². The van der Waals surface area contributed by atoms with Crippen molar-refractivity contribution in [1.29, 1.82) is 0 Å². The number of anilines is 1. The van der Waals surface area contributed by atoms with Gasteiger partial charge in [0.2, 0.25) is 0 Å². The fourth-order valence-corrected chi connectivity index (χ4v) is 3.39. The van der Waals surface area contributed by atoms with Crippen LogP contribution in [0.5, 0.6) is 0 Å². The van der Waals surface area contributed by atoms with Crippen molar-refractivity contribution < 1.29 is 4.79 Å². The number of benzene rings is 2. The lowest BCUT2D eigenvalue weighted by atomic mass is 10.1. The first-order valence-electron chi connectivity index (χ1n) is 9.62. The van der Waals surface area contributed by atoms with E-state index in [1.165, 1.54) is 5.56 Å². The van der Waals surface area contributed by atoms with Crippen LogP contribution in [-0.4, -0.2) is 47.2 Å². The molecule has 0 atom stereocenters. The zero-order valence-electron chi connectivity index (χ0n) is 16.3. The molecule has 1 aromatic heterocycles. The lowest BCUT2D eigenvalue weighted by Crippen LogP contribution is -2.49. The van der Waals surface area contributed by atoms with Crippen molar-refractivity contribution in [2.45, 2.75) is 13.8 Å². The third kappa shape index (κ3) is 3.88. The second-order valence-electron chi connectivity index (χ2n) is 7.29. The summed E-state index contributed by atoms with van der Waals surface area (Å²) in [5.74, 6) is 0.957. The molecule has 5 heteroatoms. The van der Waals surface area contributed by atoms with Crippen molar-refractivity contribution in [3.63, 3.8) is 0 Å². The smallest absolute Gasteiger partial charge is 0.253 e. The van der Waals surface area contributed by atoms with E-state index < -0.39 is 0 Å². The minimum absolute atomic E-state index is 0.0976. The molecule has 3 aromatic rings. The van der Waals surface area contributed by atoms with E-state index in [1.807, 2.05) is 48.2 Å². The SMILES string of the molecule is Cc1ccc(C(=O)N2CCN(c3ccc(-c4ccc(C)cc4)nn3)CC2)cc1. The van der Waals surface area contributed by atoms with Crippen LogP contribution in [0.4, 0.5) is 5.82 Å². The quantitative estimate of drug-likeness (QED) is 0.703. The van der Waals surface area contributed by atoms with E-state index in [9.17, 15) is 4.79 Å². The molecule has 1 aliphatic rings.